The predicted molar refractivity (Wildman–Crippen MR) is 111 cm³/mol. The molecule has 154 valence electrons. The second kappa shape index (κ2) is 8.90. The standard InChI is InChI=1S/C22H28N4O3/c1-16-11-17(4-6-22(16)28-2)14-26-9-8-25(15-19(26)7-10-27)13-18-3-5-20-21(12-18)24-29-23-20/h3-6,11-12,19,27H,7-10,13-15H2,1-2H3/t19-/m1/s1. The second-order valence-corrected chi connectivity index (χ2v) is 7.76. The number of fused-ring (bicyclic) bond motifs is 1. The van der Waals surface area contributed by atoms with Crippen LogP contribution in [0.1, 0.15) is 23.1 Å². The summed E-state index contributed by atoms with van der Waals surface area (Å²) in [5.41, 5.74) is 5.22. The predicted octanol–water partition coefficient (Wildman–Crippen LogP) is 2.61. The van der Waals surface area contributed by atoms with Gasteiger partial charge in [0.1, 0.15) is 16.8 Å². The fourth-order valence-corrected chi connectivity index (χ4v) is 4.19. The number of aliphatic hydroxyl groups is 1. The first-order chi connectivity index (χ1) is 14.2. The molecule has 0 amide bonds. The van der Waals surface area contributed by atoms with Crippen LogP contribution in [0.5, 0.6) is 5.75 Å². The molecule has 2 heterocycles. The number of benzene rings is 2. The molecule has 0 saturated carbocycles. The molecule has 1 saturated heterocycles. The average molecular weight is 396 g/mol. The van der Waals surface area contributed by atoms with Crippen LogP contribution < -0.4 is 4.74 Å². The van der Waals surface area contributed by atoms with E-state index in [4.69, 9.17) is 9.37 Å². The number of hydrogen-bond acceptors (Lipinski definition) is 7. The molecule has 0 radical (unpaired) electrons. The van der Waals surface area contributed by atoms with Gasteiger partial charge in [-0.2, -0.15) is 0 Å². The Morgan fingerprint density at radius 2 is 1.86 bits per heavy atom. The molecule has 1 aliphatic heterocycles. The number of methoxy groups -OCH3 is 1. The van der Waals surface area contributed by atoms with E-state index in [1.165, 1.54) is 11.1 Å². The largest absolute Gasteiger partial charge is 0.496 e. The first-order valence-corrected chi connectivity index (χ1v) is 10.1. The summed E-state index contributed by atoms with van der Waals surface area (Å²) in [4.78, 5) is 4.93. The van der Waals surface area contributed by atoms with Crippen molar-refractivity contribution in [3.05, 3.63) is 53.1 Å². The van der Waals surface area contributed by atoms with E-state index in [9.17, 15) is 5.11 Å². The van der Waals surface area contributed by atoms with Crippen LogP contribution in [-0.4, -0.2) is 64.6 Å². The number of rotatable bonds is 7. The van der Waals surface area contributed by atoms with Crippen LogP contribution in [0.15, 0.2) is 41.0 Å². The molecular weight excluding hydrogens is 368 g/mol. The third-order valence-electron chi connectivity index (χ3n) is 5.72. The molecule has 1 aliphatic rings. The van der Waals surface area contributed by atoms with Gasteiger partial charge in [-0.25, -0.2) is 4.63 Å². The number of ether oxygens (including phenoxy) is 1. The van der Waals surface area contributed by atoms with Crippen molar-refractivity contribution in [1.82, 2.24) is 20.1 Å². The van der Waals surface area contributed by atoms with Gasteiger partial charge in [0.25, 0.3) is 0 Å². The number of hydrogen-bond donors (Lipinski definition) is 1. The summed E-state index contributed by atoms with van der Waals surface area (Å²) >= 11 is 0. The van der Waals surface area contributed by atoms with Crippen LogP contribution in [0.25, 0.3) is 11.0 Å². The van der Waals surface area contributed by atoms with E-state index >= 15 is 0 Å². The molecule has 1 N–H and O–H groups in total. The number of aromatic nitrogens is 2. The topological polar surface area (TPSA) is 74.9 Å². The molecule has 2 aromatic carbocycles. The zero-order chi connectivity index (χ0) is 20.2. The lowest BCUT2D eigenvalue weighted by Gasteiger charge is -2.41. The summed E-state index contributed by atoms with van der Waals surface area (Å²) in [6.45, 7) is 6.93. The van der Waals surface area contributed by atoms with E-state index in [0.717, 1.165) is 61.5 Å². The summed E-state index contributed by atoms with van der Waals surface area (Å²) in [5.74, 6) is 0.921. The normalized spacial score (nSPS) is 18.4. The fraction of sp³-hybridized carbons (Fsp3) is 0.455. The Kier molecular flexibility index (Phi) is 6.08. The van der Waals surface area contributed by atoms with Gasteiger partial charge in [-0.1, -0.05) is 18.2 Å². The Bertz CT molecular complexity index is 958. The maximum absolute atomic E-state index is 9.60. The Morgan fingerprint density at radius 3 is 2.66 bits per heavy atom. The van der Waals surface area contributed by atoms with Crippen molar-refractivity contribution in [2.24, 2.45) is 0 Å². The molecule has 0 aliphatic carbocycles. The smallest absolute Gasteiger partial charge is 0.135 e. The number of aryl methyl sites for hydroxylation is 1. The maximum atomic E-state index is 9.60. The van der Waals surface area contributed by atoms with Crippen molar-refractivity contribution in [1.29, 1.82) is 0 Å². The van der Waals surface area contributed by atoms with E-state index in [-0.39, 0.29) is 6.61 Å². The molecule has 29 heavy (non-hydrogen) atoms. The molecule has 1 aromatic heterocycles. The van der Waals surface area contributed by atoms with Crippen LogP contribution in [0.2, 0.25) is 0 Å². The molecule has 7 nitrogen and oxygen atoms in total. The van der Waals surface area contributed by atoms with Gasteiger partial charge in [-0.3, -0.25) is 9.80 Å². The monoisotopic (exact) mass is 396 g/mol. The van der Waals surface area contributed by atoms with E-state index in [1.54, 1.807) is 7.11 Å². The molecular formula is C22H28N4O3. The van der Waals surface area contributed by atoms with Gasteiger partial charge in [-0.05, 0) is 58.5 Å². The molecule has 4 rings (SSSR count). The molecule has 0 bridgehead atoms. The Labute approximate surface area is 170 Å². The number of aliphatic hydroxyl groups excluding tert-OH is 1. The highest BCUT2D eigenvalue weighted by Crippen LogP contribution is 2.23. The lowest BCUT2D eigenvalue weighted by atomic mass is 10.0. The molecule has 1 fully saturated rings. The quantitative estimate of drug-likeness (QED) is 0.658. The first kappa shape index (κ1) is 19.8. The van der Waals surface area contributed by atoms with Gasteiger partial charge >= 0.3 is 0 Å². The molecule has 0 unspecified atom stereocenters. The van der Waals surface area contributed by atoms with Crippen molar-refractivity contribution in [3.63, 3.8) is 0 Å². The van der Waals surface area contributed by atoms with Crippen LogP contribution in [0.4, 0.5) is 0 Å². The number of piperazine rings is 1. The van der Waals surface area contributed by atoms with Gasteiger partial charge in [0.15, 0.2) is 0 Å². The zero-order valence-electron chi connectivity index (χ0n) is 17.0. The minimum Gasteiger partial charge on any atom is -0.496 e. The lowest BCUT2D eigenvalue weighted by molar-refractivity contribution is 0.0500. The van der Waals surface area contributed by atoms with Crippen LogP contribution >= 0.6 is 0 Å². The maximum Gasteiger partial charge on any atom is 0.135 e. The summed E-state index contributed by atoms with van der Waals surface area (Å²) in [5, 5.41) is 17.4. The Balaban J connectivity index is 1.41. The molecule has 0 spiro atoms. The van der Waals surface area contributed by atoms with Gasteiger partial charge in [0.2, 0.25) is 0 Å². The first-order valence-electron chi connectivity index (χ1n) is 10.1. The van der Waals surface area contributed by atoms with Crippen molar-refractivity contribution in [2.45, 2.75) is 32.5 Å². The van der Waals surface area contributed by atoms with Crippen LogP contribution in [0, 0.1) is 6.92 Å². The van der Waals surface area contributed by atoms with Crippen LogP contribution in [0.3, 0.4) is 0 Å². The SMILES string of the molecule is COc1ccc(CN2CCN(Cc3ccc4nonc4c3)C[C@H]2CCO)cc1C. The van der Waals surface area contributed by atoms with Crippen molar-refractivity contribution < 1.29 is 14.5 Å². The fourth-order valence-electron chi connectivity index (χ4n) is 4.19. The van der Waals surface area contributed by atoms with E-state index < -0.39 is 0 Å². The van der Waals surface area contributed by atoms with Gasteiger partial charge in [-0.15, -0.1) is 0 Å². The Morgan fingerprint density at radius 1 is 1.07 bits per heavy atom. The van der Waals surface area contributed by atoms with Crippen molar-refractivity contribution >= 4 is 11.0 Å². The van der Waals surface area contributed by atoms with E-state index in [2.05, 4.69) is 45.2 Å². The summed E-state index contributed by atoms with van der Waals surface area (Å²) in [6.07, 6.45) is 0.776. The Hall–Kier alpha value is -2.48. The van der Waals surface area contributed by atoms with E-state index in [1.807, 2.05) is 18.2 Å². The molecule has 7 heteroatoms. The summed E-state index contributed by atoms with van der Waals surface area (Å²) < 4.78 is 10.2. The van der Waals surface area contributed by atoms with Gasteiger partial charge < -0.3 is 9.84 Å². The zero-order valence-corrected chi connectivity index (χ0v) is 17.0. The highest BCUT2D eigenvalue weighted by molar-refractivity contribution is 5.73. The summed E-state index contributed by atoms with van der Waals surface area (Å²) in [6, 6.07) is 12.8. The lowest BCUT2D eigenvalue weighted by Crippen LogP contribution is -2.52. The average Bonchev–Trinajstić information content (AvgIpc) is 3.18. The third-order valence-corrected chi connectivity index (χ3v) is 5.72. The summed E-state index contributed by atoms with van der Waals surface area (Å²) in [7, 11) is 1.70. The van der Waals surface area contributed by atoms with Crippen molar-refractivity contribution in [3.8, 4) is 5.75 Å². The van der Waals surface area contributed by atoms with Gasteiger partial charge in [0, 0.05) is 45.4 Å². The second-order valence-electron chi connectivity index (χ2n) is 7.76. The molecule has 1 atom stereocenters. The number of nitrogens with zero attached hydrogens (tertiary/aromatic N) is 4. The van der Waals surface area contributed by atoms with Crippen LogP contribution in [-0.2, 0) is 13.1 Å². The minimum absolute atomic E-state index is 0.202. The molecule has 3 aromatic rings. The van der Waals surface area contributed by atoms with Gasteiger partial charge in [0.05, 0.1) is 7.11 Å². The minimum atomic E-state index is 0.202. The third kappa shape index (κ3) is 4.58. The highest BCUT2D eigenvalue weighted by Gasteiger charge is 2.27. The van der Waals surface area contributed by atoms with E-state index in [0.29, 0.717) is 6.04 Å². The van der Waals surface area contributed by atoms with Crippen molar-refractivity contribution in [2.75, 3.05) is 33.4 Å². The highest BCUT2D eigenvalue weighted by atomic mass is 16.6.